The number of amides is 2. The molecule has 1 aliphatic heterocycles. The summed E-state index contributed by atoms with van der Waals surface area (Å²) < 4.78 is 7.70. The first-order valence-electron chi connectivity index (χ1n) is 9.99. The smallest absolute Gasteiger partial charge is 0.254 e. The molecule has 0 unspecified atom stereocenters. The highest BCUT2D eigenvalue weighted by Gasteiger charge is 2.59. The van der Waals surface area contributed by atoms with E-state index in [-0.39, 0.29) is 42.1 Å². The average molecular weight is 599 g/mol. The first-order chi connectivity index (χ1) is 15.3. The van der Waals surface area contributed by atoms with Crippen LogP contribution in [-0.4, -0.2) is 23.0 Å². The van der Waals surface area contributed by atoms with Crippen LogP contribution >= 0.6 is 55.1 Å². The Morgan fingerprint density at radius 1 is 1.03 bits per heavy atom. The third-order valence-corrected chi connectivity index (χ3v) is 7.97. The number of imide groups is 1. The van der Waals surface area contributed by atoms with Crippen LogP contribution in [0.2, 0.25) is 10.0 Å². The molecular formula is C23H16Br2Cl2N2O3. The van der Waals surface area contributed by atoms with Crippen molar-refractivity contribution >= 4 is 73.1 Å². The highest BCUT2D eigenvalue weighted by Crippen LogP contribution is 2.52. The van der Waals surface area contributed by atoms with E-state index in [1.807, 2.05) is 18.2 Å². The first kappa shape index (κ1) is 22.1. The molecule has 2 aliphatic carbocycles. The van der Waals surface area contributed by atoms with E-state index >= 15 is 0 Å². The Hall–Kier alpha value is -1.67. The van der Waals surface area contributed by atoms with Gasteiger partial charge >= 0.3 is 0 Å². The molecule has 2 amide bonds. The summed E-state index contributed by atoms with van der Waals surface area (Å²) in [4.78, 5) is 25.5. The molecule has 1 saturated heterocycles. The molecular weight excluding hydrogens is 583 g/mol. The summed E-state index contributed by atoms with van der Waals surface area (Å²) in [5.74, 6) is -0.381. The monoisotopic (exact) mass is 596 g/mol. The summed E-state index contributed by atoms with van der Waals surface area (Å²) in [7, 11) is 0. The van der Waals surface area contributed by atoms with Crippen LogP contribution in [0.3, 0.4) is 0 Å². The van der Waals surface area contributed by atoms with Crippen molar-refractivity contribution in [2.45, 2.75) is 13.0 Å². The summed E-state index contributed by atoms with van der Waals surface area (Å²) in [6, 6.07) is 9.05. The largest absolute Gasteiger partial charge is 0.486 e. The Bertz CT molecular complexity index is 1150. The molecule has 2 fully saturated rings. The van der Waals surface area contributed by atoms with Crippen molar-refractivity contribution in [3.05, 3.63) is 72.6 Å². The fraction of sp³-hybridized carbons (Fsp3) is 0.261. The number of carbonyl (C=O) groups is 2. The number of nitrogens with zero attached hydrogens (tertiary/aromatic N) is 2. The number of hydrogen-bond donors (Lipinski definition) is 0. The molecule has 9 heteroatoms. The fourth-order valence-electron chi connectivity index (χ4n) is 4.71. The molecule has 2 aromatic rings. The molecule has 5 nitrogen and oxygen atoms in total. The predicted octanol–water partition coefficient (Wildman–Crippen LogP) is 6.24. The number of hydrogen-bond acceptors (Lipinski definition) is 4. The second-order valence-electron chi connectivity index (χ2n) is 8.07. The topological polar surface area (TPSA) is 59.0 Å². The van der Waals surface area contributed by atoms with Gasteiger partial charge in [0.05, 0.1) is 28.1 Å². The van der Waals surface area contributed by atoms with Crippen LogP contribution in [0, 0.1) is 23.7 Å². The van der Waals surface area contributed by atoms with Crippen molar-refractivity contribution in [1.29, 1.82) is 0 Å². The lowest BCUT2D eigenvalue weighted by atomic mass is 9.85. The van der Waals surface area contributed by atoms with Crippen molar-refractivity contribution in [1.82, 2.24) is 5.01 Å². The number of rotatable bonds is 5. The van der Waals surface area contributed by atoms with Gasteiger partial charge in [0.25, 0.3) is 11.8 Å². The van der Waals surface area contributed by atoms with E-state index in [4.69, 9.17) is 27.9 Å². The minimum atomic E-state index is -0.282. The molecule has 4 atom stereocenters. The maximum Gasteiger partial charge on any atom is 0.254 e. The minimum absolute atomic E-state index is 0.146. The highest BCUT2D eigenvalue weighted by atomic mass is 79.9. The quantitative estimate of drug-likeness (QED) is 0.233. The zero-order valence-electron chi connectivity index (χ0n) is 16.5. The molecule has 0 spiro atoms. The van der Waals surface area contributed by atoms with Gasteiger partial charge < -0.3 is 4.74 Å². The van der Waals surface area contributed by atoms with Crippen LogP contribution in [0.1, 0.15) is 17.5 Å². The maximum absolute atomic E-state index is 12.7. The Morgan fingerprint density at radius 3 is 2.25 bits per heavy atom. The van der Waals surface area contributed by atoms with Gasteiger partial charge in [0.15, 0.2) is 5.75 Å². The van der Waals surface area contributed by atoms with E-state index in [2.05, 4.69) is 49.1 Å². The van der Waals surface area contributed by atoms with Crippen molar-refractivity contribution in [3.8, 4) is 5.75 Å². The van der Waals surface area contributed by atoms with Gasteiger partial charge in [-0.2, -0.15) is 10.1 Å². The van der Waals surface area contributed by atoms with Gasteiger partial charge in [-0.15, -0.1) is 0 Å². The second-order valence-corrected chi connectivity index (χ2v) is 10.7. The van der Waals surface area contributed by atoms with Crippen molar-refractivity contribution in [2.75, 3.05) is 0 Å². The SMILES string of the molecule is O=C1[C@@H]2[C@H](C(=O)N1N=Cc1cc(Cl)c(OCc3ccc(Br)cc3Br)c(Cl)c1)[C@H]1C=C[C@H]2C1. The maximum atomic E-state index is 12.7. The van der Waals surface area contributed by atoms with E-state index in [1.54, 1.807) is 12.1 Å². The fourth-order valence-corrected chi connectivity index (χ4v) is 6.48. The Morgan fingerprint density at radius 2 is 1.66 bits per heavy atom. The Kier molecular flexibility index (Phi) is 5.95. The van der Waals surface area contributed by atoms with Crippen LogP contribution in [0.15, 0.2) is 56.5 Å². The molecule has 0 N–H and O–H groups in total. The number of halogens is 4. The number of hydrazone groups is 1. The van der Waals surface area contributed by atoms with Gasteiger partial charge in [-0.05, 0) is 48.1 Å². The van der Waals surface area contributed by atoms with Gasteiger partial charge in [0.1, 0.15) is 6.61 Å². The number of ether oxygens (including phenoxy) is 1. The molecule has 3 aliphatic rings. The normalized spacial score (nSPS) is 25.9. The van der Waals surface area contributed by atoms with E-state index < -0.39 is 0 Å². The molecule has 1 saturated carbocycles. The predicted molar refractivity (Wildman–Crippen MR) is 130 cm³/mol. The number of fused-ring (bicyclic) bond motifs is 5. The molecule has 1 heterocycles. The van der Waals surface area contributed by atoms with Crippen LogP contribution in [0.4, 0.5) is 0 Å². The van der Waals surface area contributed by atoms with Crippen molar-refractivity contribution < 1.29 is 14.3 Å². The van der Waals surface area contributed by atoms with Gasteiger partial charge in [0.2, 0.25) is 0 Å². The Labute approximate surface area is 211 Å². The summed E-state index contributed by atoms with van der Waals surface area (Å²) in [6.45, 7) is 0.274. The van der Waals surface area contributed by atoms with Gasteiger partial charge in [-0.3, -0.25) is 9.59 Å². The van der Waals surface area contributed by atoms with Gasteiger partial charge in [0, 0.05) is 14.5 Å². The van der Waals surface area contributed by atoms with Crippen molar-refractivity contribution in [2.24, 2.45) is 28.8 Å². The number of benzene rings is 2. The van der Waals surface area contributed by atoms with Gasteiger partial charge in [-0.1, -0.05) is 73.3 Å². The molecule has 2 aromatic carbocycles. The lowest BCUT2D eigenvalue weighted by molar-refractivity contribution is -0.140. The standard InChI is InChI=1S/C23H16Br2Cl2N2O3/c24-15-4-3-14(16(25)8-15)10-32-21-17(26)5-11(6-18(21)27)9-28-29-22(30)19-12-1-2-13(7-12)20(19)23(29)31/h1-6,8-9,12-13,19-20H,7,10H2/t12-,13-,19-,20+/m0/s1. The van der Waals surface area contributed by atoms with E-state index in [9.17, 15) is 9.59 Å². The van der Waals surface area contributed by atoms with E-state index in [0.29, 0.717) is 21.4 Å². The molecule has 164 valence electrons. The van der Waals surface area contributed by atoms with Crippen LogP contribution in [0.25, 0.3) is 0 Å². The lowest BCUT2D eigenvalue weighted by Crippen LogP contribution is -2.28. The van der Waals surface area contributed by atoms with Crippen LogP contribution in [-0.2, 0) is 16.2 Å². The van der Waals surface area contributed by atoms with E-state index in [1.165, 1.54) is 6.21 Å². The zero-order valence-corrected chi connectivity index (χ0v) is 21.2. The summed E-state index contributed by atoms with van der Waals surface area (Å²) in [5.41, 5.74) is 1.50. The molecule has 5 rings (SSSR count). The summed E-state index contributed by atoms with van der Waals surface area (Å²) >= 11 is 19.7. The van der Waals surface area contributed by atoms with Crippen molar-refractivity contribution in [3.63, 3.8) is 0 Å². The third-order valence-electron chi connectivity index (χ3n) is 6.18. The average Bonchev–Trinajstić information content (AvgIpc) is 3.42. The summed E-state index contributed by atoms with van der Waals surface area (Å²) in [6.07, 6.45) is 6.41. The first-order valence-corrected chi connectivity index (χ1v) is 12.3. The molecule has 2 bridgehead atoms. The number of allylic oxidation sites excluding steroid dienone is 2. The molecule has 0 aromatic heterocycles. The molecule has 0 radical (unpaired) electrons. The summed E-state index contributed by atoms with van der Waals surface area (Å²) in [5, 5.41) is 5.79. The van der Waals surface area contributed by atoms with Crippen LogP contribution in [0.5, 0.6) is 5.75 Å². The minimum Gasteiger partial charge on any atom is -0.486 e. The third kappa shape index (κ3) is 3.83. The zero-order chi connectivity index (χ0) is 22.6. The highest BCUT2D eigenvalue weighted by molar-refractivity contribution is 9.11. The van der Waals surface area contributed by atoms with E-state index in [0.717, 1.165) is 25.9 Å². The Balaban J connectivity index is 1.31. The van der Waals surface area contributed by atoms with Crippen LogP contribution < -0.4 is 4.74 Å². The van der Waals surface area contributed by atoms with Gasteiger partial charge in [-0.25, -0.2) is 0 Å². The molecule has 32 heavy (non-hydrogen) atoms. The lowest BCUT2D eigenvalue weighted by Gasteiger charge is -2.13. The number of carbonyl (C=O) groups excluding carboxylic acids is 2. The second kappa shape index (κ2) is 8.60.